The maximum absolute atomic E-state index is 12.6. The van der Waals surface area contributed by atoms with Crippen molar-refractivity contribution in [3.63, 3.8) is 0 Å². The van der Waals surface area contributed by atoms with Gasteiger partial charge in [0.05, 0.1) is 11.3 Å². The Bertz CT molecular complexity index is 533. The minimum atomic E-state index is -0.442. The summed E-state index contributed by atoms with van der Waals surface area (Å²) in [5.41, 5.74) is 6.22. The van der Waals surface area contributed by atoms with E-state index in [0.717, 1.165) is 19.3 Å². The largest absolute Gasteiger partial charge is 0.335 e. The van der Waals surface area contributed by atoms with Gasteiger partial charge in [-0.1, -0.05) is 18.2 Å². The third-order valence-electron chi connectivity index (χ3n) is 4.12. The Morgan fingerprint density at radius 3 is 2.81 bits per heavy atom. The highest BCUT2D eigenvalue weighted by Crippen LogP contribution is 2.25. The molecule has 1 aliphatic heterocycles. The molecule has 0 bridgehead atoms. The minimum absolute atomic E-state index is 0.000175. The number of para-hydroxylation sites is 1. The third kappa shape index (κ3) is 3.39. The molecule has 21 heavy (non-hydrogen) atoms. The summed E-state index contributed by atoms with van der Waals surface area (Å²) in [4.78, 5) is 25.0. The minimum Gasteiger partial charge on any atom is -0.335 e. The molecular weight excluding hydrogens is 270 g/mol. The van der Waals surface area contributed by atoms with Crippen LogP contribution >= 0.6 is 0 Å². The van der Waals surface area contributed by atoms with E-state index in [1.54, 1.807) is 18.2 Å². The van der Waals surface area contributed by atoms with Crippen LogP contribution in [0.4, 0.5) is 5.69 Å². The molecule has 1 aliphatic rings. The molecule has 0 radical (unpaired) electrons. The molecule has 0 aliphatic carbocycles. The smallest absolute Gasteiger partial charge is 0.273 e. The summed E-state index contributed by atoms with van der Waals surface area (Å²) in [7, 11) is 0. The van der Waals surface area contributed by atoms with Gasteiger partial charge in [-0.3, -0.25) is 14.9 Å². The molecule has 1 saturated heterocycles. The maximum atomic E-state index is 12.6. The topological polar surface area (TPSA) is 89.5 Å². The van der Waals surface area contributed by atoms with Crippen LogP contribution < -0.4 is 5.73 Å². The van der Waals surface area contributed by atoms with E-state index in [4.69, 9.17) is 5.73 Å². The molecule has 1 heterocycles. The SMILES string of the molecule is CC1CCCC(CN)N1C(=O)Cc1ccccc1[N+](=O)[O-]. The zero-order valence-electron chi connectivity index (χ0n) is 12.2. The van der Waals surface area contributed by atoms with Gasteiger partial charge in [0, 0.05) is 30.3 Å². The standard InChI is InChI=1S/C15H21N3O3/c1-11-5-4-7-13(10-16)17(11)15(19)9-12-6-2-3-8-14(12)18(20)21/h2-3,6,8,11,13H,4-5,7,9-10,16H2,1H3. The van der Waals surface area contributed by atoms with Gasteiger partial charge < -0.3 is 10.6 Å². The molecule has 114 valence electrons. The summed E-state index contributed by atoms with van der Waals surface area (Å²) in [6.45, 7) is 2.45. The molecule has 1 aromatic rings. The lowest BCUT2D eigenvalue weighted by Gasteiger charge is -2.40. The summed E-state index contributed by atoms with van der Waals surface area (Å²) >= 11 is 0. The van der Waals surface area contributed by atoms with Crippen LogP contribution in [0, 0.1) is 10.1 Å². The van der Waals surface area contributed by atoms with E-state index in [0.29, 0.717) is 12.1 Å². The van der Waals surface area contributed by atoms with Crippen molar-refractivity contribution < 1.29 is 9.72 Å². The molecule has 2 unspecified atom stereocenters. The van der Waals surface area contributed by atoms with E-state index in [2.05, 4.69) is 0 Å². The van der Waals surface area contributed by atoms with Gasteiger partial charge >= 0.3 is 0 Å². The number of rotatable bonds is 4. The van der Waals surface area contributed by atoms with Crippen molar-refractivity contribution in [2.24, 2.45) is 5.73 Å². The van der Waals surface area contributed by atoms with Gasteiger partial charge in [0.25, 0.3) is 5.69 Å². The maximum Gasteiger partial charge on any atom is 0.273 e. The third-order valence-corrected chi connectivity index (χ3v) is 4.12. The molecule has 6 nitrogen and oxygen atoms in total. The number of hydrogen-bond acceptors (Lipinski definition) is 4. The summed E-state index contributed by atoms with van der Waals surface area (Å²) in [5, 5.41) is 11.0. The lowest BCUT2D eigenvalue weighted by Crippen LogP contribution is -2.52. The number of benzene rings is 1. The fourth-order valence-electron chi connectivity index (χ4n) is 3.06. The number of hydrogen-bond donors (Lipinski definition) is 1. The molecule has 2 atom stereocenters. The van der Waals surface area contributed by atoms with Crippen molar-refractivity contribution in [2.45, 2.75) is 44.7 Å². The lowest BCUT2D eigenvalue weighted by atomic mass is 9.95. The van der Waals surface area contributed by atoms with Gasteiger partial charge in [-0.15, -0.1) is 0 Å². The zero-order valence-corrected chi connectivity index (χ0v) is 12.2. The molecule has 0 saturated carbocycles. The summed E-state index contributed by atoms with van der Waals surface area (Å²) in [6, 6.07) is 6.59. The van der Waals surface area contributed by atoms with E-state index in [1.807, 2.05) is 11.8 Å². The van der Waals surface area contributed by atoms with Crippen LogP contribution in [0.5, 0.6) is 0 Å². The Kier molecular flexibility index (Phi) is 4.90. The molecule has 0 spiro atoms. The van der Waals surface area contributed by atoms with Crippen molar-refractivity contribution in [3.8, 4) is 0 Å². The summed E-state index contributed by atoms with van der Waals surface area (Å²) in [5.74, 6) is -0.0769. The Morgan fingerprint density at radius 1 is 1.43 bits per heavy atom. The first-order valence-corrected chi connectivity index (χ1v) is 7.28. The molecule has 6 heteroatoms. The molecule has 0 aromatic heterocycles. The highest BCUT2D eigenvalue weighted by molar-refractivity contribution is 5.80. The number of piperidine rings is 1. The first kappa shape index (κ1) is 15.4. The number of nitrogens with two attached hydrogens (primary N) is 1. The predicted octanol–water partition coefficient (Wildman–Crippen LogP) is 1.87. The average Bonchev–Trinajstić information content (AvgIpc) is 2.47. The van der Waals surface area contributed by atoms with Gasteiger partial charge in [-0.25, -0.2) is 0 Å². The van der Waals surface area contributed by atoms with E-state index < -0.39 is 4.92 Å². The Hall–Kier alpha value is -1.95. The second-order valence-electron chi connectivity index (χ2n) is 5.53. The van der Waals surface area contributed by atoms with Crippen LogP contribution in [0.3, 0.4) is 0 Å². The quantitative estimate of drug-likeness (QED) is 0.677. The molecule has 1 amide bonds. The Labute approximate surface area is 124 Å². The van der Waals surface area contributed by atoms with Crippen molar-refractivity contribution >= 4 is 11.6 Å². The van der Waals surface area contributed by atoms with Gasteiger partial charge in [0.1, 0.15) is 0 Å². The monoisotopic (exact) mass is 291 g/mol. The number of likely N-dealkylation sites (tertiary alicyclic amines) is 1. The highest BCUT2D eigenvalue weighted by atomic mass is 16.6. The van der Waals surface area contributed by atoms with Crippen LogP contribution in [0.15, 0.2) is 24.3 Å². The van der Waals surface area contributed by atoms with Crippen LogP contribution in [0.2, 0.25) is 0 Å². The number of nitro benzene ring substituents is 1. The fraction of sp³-hybridized carbons (Fsp3) is 0.533. The van der Waals surface area contributed by atoms with Crippen molar-refractivity contribution in [1.29, 1.82) is 0 Å². The number of carbonyl (C=O) groups is 1. The van der Waals surface area contributed by atoms with E-state index >= 15 is 0 Å². The second-order valence-corrected chi connectivity index (χ2v) is 5.53. The Morgan fingerprint density at radius 2 is 2.14 bits per heavy atom. The highest BCUT2D eigenvalue weighted by Gasteiger charge is 2.31. The normalized spacial score (nSPS) is 22.1. The van der Waals surface area contributed by atoms with Gasteiger partial charge in [0.2, 0.25) is 5.91 Å². The van der Waals surface area contributed by atoms with Crippen molar-refractivity contribution in [1.82, 2.24) is 4.90 Å². The molecule has 2 rings (SSSR count). The molecule has 1 fully saturated rings. The predicted molar refractivity (Wildman–Crippen MR) is 79.8 cm³/mol. The summed E-state index contributed by atoms with van der Waals surface area (Å²) < 4.78 is 0. The van der Waals surface area contributed by atoms with Crippen LogP contribution in [0.25, 0.3) is 0 Å². The first-order valence-electron chi connectivity index (χ1n) is 7.28. The van der Waals surface area contributed by atoms with Gasteiger partial charge in [-0.2, -0.15) is 0 Å². The van der Waals surface area contributed by atoms with Crippen LogP contribution in [-0.2, 0) is 11.2 Å². The van der Waals surface area contributed by atoms with Crippen molar-refractivity contribution in [3.05, 3.63) is 39.9 Å². The van der Waals surface area contributed by atoms with E-state index in [-0.39, 0.29) is 30.1 Å². The van der Waals surface area contributed by atoms with E-state index in [9.17, 15) is 14.9 Å². The Balaban J connectivity index is 2.19. The first-order chi connectivity index (χ1) is 10.0. The lowest BCUT2D eigenvalue weighted by molar-refractivity contribution is -0.385. The summed E-state index contributed by atoms with van der Waals surface area (Å²) in [6.07, 6.45) is 2.98. The van der Waals surface area contributed by atoms with Crippen LogP contribution in [0.1, 0.15) is 31.7 Å². The molecular formula is C15H21N3O3. The fourth-order valence-corrected chi connectivity index (χ4v) is 3.06. The van der Waals surface area contributed by atoms with Crippen molar-refractivity contribution in [2.75, 3.05) is 6.54 Å². The number of nitro groups is 1. The average molecular weight is 291 g/mol. The van der Waals surface area contributed by atoms with E-state index in [1.165, 1.54) is 6.07 Å². The number of amides is 1. The van der Waals surface area contributed by atoms with Crippen LogP contribution in [-0.4, -0.2) is 34.4 Å². The van der Waals surface area contributed by atoms with Gasteiger partial charge in [0.15, 0.2) is 0 Å². The number of nitrogens with zero attached hydrogens (tertiary/aromatic N) is 2. The zero-order chi connectivity index (χ0) is 15.4. The molecule has 1 aromatic carbocycles. The number of carbonyl (C=O) groups excluding carboxylic acids is 1. The molecule has 2 N–H and O–H groups in total. The van der Waals surface area contributed by atoms with Gasteiger partial charge in [-0.05, 0) is 26.2 Å². The second kappa shape index (κ2) is 6.67.